The van der Waals surface area contributed by atoms with E-state index in [1.807, 2.05) is 32.9 Å². The lowest BCUT2D eigenvalue weighted by molar-refractivity contribution is -0.118. The summed E-state index contributed by atoms with van der Waals surface area (Å²) in [5.41, 5.74) is 2.12. The van der Waals surface area contributed by atoms with Crippen LogP contribution in [-0.4, -0.2) is 31.1 Å². The number of carbonyl (C=O) groups excluding carboxylic acids is 2. The van der Waals surface area contributed by atoms with Crippen molar-refractivity contribution in [1.82, 2.24) is 5.32 Å². The fourth-order valence-electron chi connectivity index (χ4n) is 2.89. The molecule has 0 unspecified atom stereocenters. The Morgan fingerprint density at radius 3 is 2.44 bits per heavy atom. The number of hydrogen-bond acceptors (Lipinski definition) is 4. The first-order chi connectivity index (χ1) is 12.9. The number of nitrogens with one attached hydrogen (secondary N) is 2. The molecule has 0 saturated heterocycles. The topological polar surface area (TPSA) is 76.7 Å². The smallest absolute Gasteiger partial charge is 0.251 e. The van der Waals surface area contributed by atoms with Gasteiger partial charge in [0.25, 0.3) is 5.91 Å². The zero-order chi connectivity index (χ0) is 19.4. The number of fused-ring (bicyclic) bond motifs is 1. The first kappa shape index (κ1) is 18.8. The van der Waals surface area contributed by atoms with Crippen LogP contribution in [0.5, 0.6) is 11.5 Å². The number of benzene rings is 2. The Hall–Kier alpha value is -3.02. The summed E-state index contributed by atoms with van der Waals surface area (Å²) in [7, 11) is 0. The molecule has 3 rings (SSSR count). The molecule has 2 N–H and O–H groups in total. The lowest BCUT2D eigenvalue weighted by Gasteiger charge is -2.23. The number of anilines is 1. The second-order valence-corrected chi connectivity index (χ2v) is 6.91. The van der Waals surface area contributed by atoms with E-state index in [0.717, 1.165) is 5.56 Å². The minimum absolute atomic E-state index is 0.0732. The van der Waals surface area contributed by atoms with Crippen molar-refractivity contribution in [3.05, 3.63) is 53.6 Å². The molecular formula is C21H24N2O4. The maximum absolute atomic E-state index is 12.8. The average molecular weight is 368 g/mol. The molecule has 0 fully saturated rings. The third-order valence-corrected chi connectivity index (χ3v) is 4.33. The van der Waals surface area contributed by atoms with Crippen LogP contribution in [0.3, 0.4) is 0 Å². The van der Waals surface area contributed by atoms with E-state index in [1.54, 1.807) is 30.3 Å². The van der Waals surface area contributed by atoms with Crippen LogP contribution in [0.15, 0.2) is 42.5 Å². The third-order valence-electron chi connectivity index (χ3n) is 4.33. The van der Waals surface area contributed by atoms with Crippen molar-refractivity contribution in [3.8, 4) is 11.5 Å². The van der Waals surface area contributed by atoms with Gasteiger partial charge in [-0.15, -0.1) is 0 Å². The Morgan fingerprint density at radius 2 is 1.74 bits per heavy atom. The monoisotopic (exact) mass is 368 g/mol. The molecule has 0 spiro atoms. The highest BCUT2D eigenvalue weighted by molar-refractivity contribution is 6.01. The van der Waals surface area contributed by atoms with Gasteiger partial charge in [0, 0.05) is 17.3 Å². The number of aryl methyl sites for hydroxylation is 1. The van der Waals surface area contributed by atoms with Gasteiger partial charge in [-0.3, -0.25) is 9.59 Å². The normalized spacial score (nSPS) is 13.8. The highest BCUT2D eigenvalue weighted by atomic mass is 16.6. The molecule has 1 heterocycles. The van der Waals surface area contributed by atoms with Crippen molar-refractivity contribution >= 4 is 17.5 Å². The fourth-order valence-corrected chi connectivity index (χ4v) is 2.89. The van der Waals surface area contributed by atoms with Crippen LogP contribution in [0.1, 0.15) is 29.8 Å². The Kier molecular flexibility index (Phi) is 5.64. The van der Waals surface area contributed by atoms with Gasteiger partial charge in [-0.25, -0.2) is 0 Å². The summed E-state index contributed by atoms with van der Waals surface area (Å²) >= 11 is 0. The lowest BCUT2D eigenvalue weighted by atomic mass is 10.0. The number of hydrogen-bond donors (Lipinski definition) is 2. The predicted octanol–water partition coefficient (Wildman–Crippen LogP) is 3.16. The molecule has 0 saturated carbocycles. The SMILES string of the molecule is Cc1cccc(C(=O)N[C@@H](C(=O)Nc2ccc3c(c2)OCCO3)C(C)C)c1. The van der Waals surface area contributed by atoms with Gasteiger partial charge in [0.05, 0.1) is 0 Å². The van der Waals surface area contributed by atoms with Gasteiger partial charge in [-0.05, 0) is 37.1 Å². The standard InChI is InChI=1S/C21H24N2O4/c1-13(2)19(23-20(24)15-6-4-5-14(3)11-15)21(25)22-16-7-8-17-18(12-16)27-10-9-26-17/h4-8,11-13,19H,9-10H2,1-3H3,(H,22,25)(H,23,24)/t19-/m1/s1. The molecule has 142 valence electrons. The van der Waals surface area contributed by atoms with Crippen molar-refractivity contribution < 1.29 is 19.1 Å². The van der Waals surface area contributed by atoms with Crippen LogP contribution in [0.4, 0.5) is 5.69 Å². The van der Waals surface area contributed by atoms with E-state index < -0.39 is 6.04 Å². The Morgan fingerprint density at radius 1 is 1.00 bits per heavy atom. The molecule has 2 aromatic carbocycles. The highest BCUT2D eigenvalue weighted by Crippen LogP contribution is 2.32. The van der Waals surface area contributed by atoms with Gasteiger partial charge >= 0.3 is 0 Å². The summed E-state index contributed by atoms with van der Waals surface area (Å²) in [5, 5.41) is 5.69. The summed E-state index contributed by atoms with van der Waals surface area (Å²) in [6.45, 7) is 6.70. The number of ether oxygens (including phenoxy) is 2. The van der Waals surface area contributed by atoms with Gasteiger partial charge < -0.3 is 20.1 Å². The van der Waals surface area contributed by atoms with Crippen molar-refractivity contribution in [2.24, 2.45) is 5.92 Å². The average Bonchev–Trinajstić information content (AvgIpc) is 2.65. The molecule has 27 heavy (non-hydrogen) atoms. The van der Waals surface area contributed by atoms with Crippen LogP contribution < -0.4 is 20.1 Å². The van der Waals surface area contributed by atoms with Crippen LogP contribution in [-0.2, 0) is 4.79 Å². The van der Waals surface area contributed by atoms with Crippen molar-refractivity contribution in [1.29, 1.82) is 0 Å². The van der Waals surface area contributed by atoms with E-state index in [0.29, 0.717) is 36.0 Å². The van der Waals surface area contributed by atoms with Crippen molar-refractivity contribution in [2.75, 3.05) is 18.5 Å². The van der Waals surface area contributed by atoms with Crippen LogP contribution in [0.25, 0.3) is 0 Å². The summed E-state index contributed by atoms with van der Waals surface area (Å²) in [5.74, 6) is 0.643. The van der Waals surface area contributed by atoms with Crippen molar-refractivity contribution in [3.63, 3.8) is 0 Å². The molecule has 0 aliphatic carbocycles. The number of carbonyl (C=O) groups is 2. The molecule has 0 radical (unpaired) electrons. The maximum atomic E-state index is 12.8. The van der Waals surface area contributed by atoms with E-state index in [2.05, 4.69) is 10.6 Å². The van der Waals surface area contributed by atoms with E-state index in [-0.39, 0.29) is 17.7 Å². The Labute approximate surface area is 158 Å². The molecular weight excluding hydrogens is 344 g/mol. The molecule has 2 amide bonds. The molecule has 2 aromatic rings. The Balaban J connectivity index is 1.71. The first-order valence-electron chi connectivity index (χ1n) is 9.02. The zero-order valence-corrected chi connectivity index (χ0v) is 15.7. The molecule has 6 heteroatoms. The van der Waals surface area contributed by atoms with E-state index in [9.17, 15) is 9.59 Å². The number of rotatable bonds is 5. The summed E-state index contributed by atoms with van der Waals surface area (Å²) in [4.78, 5) is 25.3. The summed E-state index contributed by atoms with van der Waals surface area (Å²) < 4.78 is 11.0. The van der Waals surface area contributed by atoms with Gasteiger partial charge in [0.1, 0.15) is 19.3 Å². The maximum Gasteiger partial charge on any atom is 0.251 e. The molecule has 1 atom stereocenters. The fraction of sp³-hybridized carbons (Fsp3) is 0.333. The highest BCUT2D eigenvalue weighted by Gasteiger charge is 2.25. The molecule has 6 nitrogen and oxygen atoms in total. The quantitative estimate of drug-likeness (QED) is 0.850. The molecule has 0 aromatic heterocycles. The largest absolute Gasteiger partial charge is 0.486 e. The predicted molar refractivity (Wildman–Crippen MR) is 103 cm³/mol. The molecule has 1 aliphatic rings. The minimum atomic E-state index is -0.661. The summed E-state index contributed by atoms with van der Waals surface area (Å²) in [6.07, 6.45) is 0. The van der Waals surface area contributed by atoms with Gasteiger partial charge in [0.2, 0.25) is 5.91 Å². The van der Waals surface area contributed by atoms with Gasteiger partial charge in [-0.1, -0.05) is 31.5 Å². The molecule has 0 bridgehead atoms. The second-order valence-electron chi connectivity index (χ2n) is 6.91. The van der Waals surface area contributed by atoms with E-state index >= 15 is 0 Å². The van der Waals surface area contributed by atoms with Crippen LogP contribution in [0.2, 0.25) is 0 Å². The first-order valence-corrected chi connectivity index (χ1v) is 9.02. The van der Waals surface area contributed by atoms with Gasteiger partial charge in [0.15, 0.2) is 11.5 Å². The van der Waals surface area contributed by atoms with Gasteiger partial charge in [-0.2, -0.15) is 0 Å². The second kappa shape index (κ2) is 8.12. The zero-order valence-electron chi connectivity index (χ0n) is 15.7. The summed E-state index contributed by atoms with van der Waals surface area (Å²) in [6, 6.07) is 11.9. The van der Waals surface area contributed by atoms with Crippen LogP contribution >= 0.6 is 0 Å². The van der Waals surface area contributed by atoms with E-state index in [1.165, 1.54) is 0 Å². The third kappa shape index (κ3) is 4.58. The number of amides is 2. The molecule has 1 aliphatic heterocycles. The van der Waals surface area contributed by atoms with E-state index in [4.69, 9.17) is 9.47 Å². The minimum Gasteiger partial charge on any atom is -0.486 e. The Bertz CT molecular complexity index is 848. The van der Waals surface area contributed by atoms with Crippen LogP contribution in [0, 0.1) is 12.8 Å². The lowest BCUT2D eigenvalue weighted by Crippen LogP contribution is -2.47. The van der Waals surface area contributed by atoms with Crippen molar-refractivity contribution in [2.45, 2.75) is 26.8 Å².